The van der Waals surface area contributed by atoms with Crippen LogP contribution >= 0.6 is 11.6 Å². The summed E-state index contributed by atoms with van der Waals surface area (Å²) in [7, 11) is -1.43. The lowest BCUT2D eigenvalue weighted by molar-refractivity contribution is 0.0696. The normalized spacial score (nSPS) is 12.1. The molecule has 0 spiro atoms. The Balaban J connectivity index is 2.26. The highest BCUT2D eigenvalue weighted by Gasteiger charge is 2.12. The molecule has 2 aromatic rings. The van der Waals surface area contributed by atoms with Gasteiger partial charge in [0.1, 0.15) is 5.82 Å². The lowest BCUT2D eigenvalue weighted by Crippen LogP contribution is -2.03. The molecule has 2 rings (SSSR count). The third-order valence-corrected chi connectivity index (χ3v) is 4.65. The Morgan fingerprint density at radius 2 is 2.00 bits per heavy atom. The summed E-state index contributed by atoms with van der Waals surface area (Å²) in [6, 6.07) is 8.79. The van der Waals surface area contributed by atoms with Gasteiger partial charge in [0.25, 0.3) is 0 Å². The van der Waals surface area contributed by atoms with E-state index in [0.717, 1.165) is 0 Å². The number of rotatable bonds is 4. The van der Waals surface area contributed by atoms with Gasteiger partial charge in [-0.1, -0.05) is 23.7 Å². The van der Waals surface area contributed by atoms with Crippen LogP contribution in [-0.2, 0) is 16.6 Å². The molecule has 0 heterocycles. The molecule has 0 saturated carbocycles. The van der Waals surface area contributed by atoms with Crippen molar-refractivity contribution in [3.8, 4) is 0 Å². The summed E-state index contributed by atoms with van der Waals surface area (Å²) in [6.45, 7) is 1.68. The average Bonchev–Trinajstić information content (AvgIpc) is 2.43. The smallest absolute Gasteiger partial charge is 0.335 e. The first kappa shape index (κ1) is 15.7. The van der Waals surface area contributed by atoms with E-state index in [0.29, 0.717) is 16.0 Å². The van der Waals surface area contributed by atoms with E-state index >= 15 is 0 Å². The highest BCUT2D eigenvalue weighted by molar-refractivity contribution is 7.84. The van der Waals surface area contributed by atoms with Crippen LogP contribution < -0.4 is 0 Å². The number of aryl methyl sites for hydroxylation is 1. The van der Waals surface area contributed by atoms with Crippen molar-refractivity contribution in [1.29, 1.82) is 0 Å². The zero-order valence-corrected chi connectivity index (χ0v) is 12.7. The minimum absolute atomic E-state index is 0.0281. The van der Waals surface area contributed by atoms with Crippen LogP contribution in [-0.4, -0.2) is 15.3 Å². The first-order valence-electron chi connectivity index (χ1n) is 6.04. The molecular weight excluding hydrogens is 315 g/mol. The molecule has 110 valence electrons. The molecule has 0 amide bonds. The fourth-order valence-electron chi connectivity index (χ4n) is 1.84. The second-order valence-electron chi connectivity index (χ2n) is 4.52. The molecule has 0 aliphatic rings. The number of hydrogen-bond acceptors (Lipinski definition) is 2. The number of halogens is 2. The molecule has 0 saturated heterocycles. The summed E-state index contributed by atoms with van der Waals surface area (Å²) in [5.74, 6) is -1.45. The van der Waals surface area contributed by atoms with E-state index in [1.165, 1.54) is 24.3 Å². The number of carboxylic acids is 1. The van der Waals surface area contributed by atoms with Crippen molar-refractivity contribution in [3.05, 3.63) is 63.9 Å². The van der Waals surface area contributed by atoms with Gasteiger partial charge < -0.3 is 5.11 Å². The SMILES string of the molecule is Cc1ccc(S(=O)Cc2ccc(F)c(Cl)c2)cc1C(=O)O. The van der Waals surface area contributed by atoms with E-state index in [9.17, 15) is 13.4 Å². The van der Waals surface area contributed by atoms with Crippen molar-refractivity contribution in [2.75, 3.05) is 0 Å². The summed E-state index contributed by atoms with van der Waals surface area (Å²) in [5.41, 5.74) is 1.35. The minimum Gasteiger partial charge on any atom is -0.478 e. The van der Waals surface area contributed by atoms with Gasteiger partial charge in [-0.05, 0) is 42.3 Å². The minimum atomic E-state index is -1.43. The second kappa shape index (κ2) is 6.37. The van der Waals surface area contributed by atoms with Crippen molar-refractivity contribution in [2.45, 2.75) is 17.6 Å². The maximum atomic E-state index is 13.1. The van der Waals surface area contributed by atoms with E-state index < -0.39 is 22.6 Å². The maximum absolute atomic E-state index is 13.1. The predicted octanol–water partition coefficient (Wildman–Crippen LogP) is 3.79. The Labute approximate surface area is 128 Å². The van der Waals surface area contributed by atoms with Crippen LogP contribution in [0.2, 0.25) is 5.02 Å². The van der Waals surface area contributed by atoms with Gasteiger partial charge in [-0.15, -0.1) is 0 Å². The van der Waals surface area contributed by atoms with Gasteiger partial charge in [-0.3, -0.25) is 4.21 Å². The summed E-state index contributed by atoms with van der Waals surface area (Å²) < 4.78 is 25.3. The summed E-state index contributed by atoms with van der Waals surface area (Å²) in [5, 5.41) is 9.04. The Hall–Kier alpha value is -1.72. The Morgan fingerprint density at radius 1 is 1.29 bits per heavy atom. The third kappa shape index (κ3) is 3.68. The van der Waals surface area contributed by atoms with Crippen molar-refractivity contribution in [1.82, 2.24) is 0 Å². The van der Waals surface area contributed by atoms with Crippen molar-refractivity contribution in [2.24, 2.45) is 0 Å². The van der Waals surface area contributed by atoms with E-state index in [-0.39, 0.29) is 16.3 Å². The van der Waals surface area contributed by atoms with E-state index in [4.69, 9.17) is 16.7 Å². The van der Waals surface area contributed by atoms with Gasteiger partial charge in [-0.25, -0.2) is 9.18 Å². The van der Waals surface area contributed by atoms with E-state index in [1.807, 2.05) is 0 Å². The van der Waals surface area contributed by atoms with Gasteiger partial charge in [-0.2, -0.15) is 0 Å². The topological polar surface area (TPSA) is 54.4 Å². The van der Waals surface area contributed by atoms with Gasteiger partial charge >= 0.3 is 5.97 Å². The standard InChI is InChI=1S/C15H12ClFO3S/c1-9-2-4-11(7-12(9)15(18)19)21(20)8-10-3-5-14(17)13(16)6-10/h2-7H,8H2,1H3,(H,18,19). The van der Waals surface area contributed by atoms with Crippen LogP contribution in [0.4, 0.5) is 4.39 Å². The van der Waals surface area contributed by atoms with Crippen LogP contribution in [0.1, 0.15) is 21.5 Å². The van der Waals surface area contributed by atoms with Crippen LogP contribution in [0.15, 0.2) is 41.3 Å². The molecule has 0 radical (unpaired) electrons. The maximum Gasteiger partial charge on any atom is 0.335 e. The fourth-order valence-corrected chi connectivity index (χ4v) is 3.16. The zero-order valence-electron chi connectivity index (χ0n) is 11.1. The van der Waals surface area contributed by atoms with Gasteiger partial charge in [0.05, 0.1) is 27.1 Å². The van der Waals surface area contributed by atoms with Gasteiger partial charge in [0, 0.05) is 4.90 Å². The summed E-state index contributed by atoms with van der Waals surface area (Å²) in [6.07, 6.45) is 0. The number of benzene rings is 2. The average molecular weight is 327 g/mol. The summed E-state index contributed by atoms with van der Waals surface area (Å²) in [4.78, 5) is 11.5. The molecule has 1 N–H and O–H groups in total. The molecule has 2 aromatic carbocycles. The number of carboxylic acid groups (broad SMARTS) is 1. The van der Waals surface area contributed by atoms with Crippen molar-refractivity contribution < 1.29 is 18.5 Å². The Bertz CT molecular complexity index is 731. The van der Waals surface area contributed by atoms with Crippen molar-refractivity contribution >= 4 is 28.4 Å². The fraction of sp³-hybridized carbons (Fsp3) is 0.133. The predicted molar refractivity (Wildman–Crippen MR) is 79.7 cm³/mol. The van der Waals surface area contributed by atoms with Gasteiger partial charge in [0.15, 0.2) is 0 Å². The quantitative estimate of drug-likeness (QED) is 0.930. The van der Waals surface area contributed by atoms with Gasteiger partial charge in [0.2, 0.25) is 0 Å². The molecule has 6 heteroatoms. The zero-order chi connectivity index (χ0) is 15.6. The lowest BCUT2D eigenvalue weighted by Gasteiger charge is -2.06. The van der Waals surface area contributed by atoms with Crippen LogP contribution in [0.25, 0.3) is 0 Å². The molecule has 0 bridgehead atoms. The monoisotopic (exact) mass is 326 g/mol. The molecule has 1 unspecified atom stereocenters. The van der Waals surface area contributed by atoms with E-state index in [1.54, 1.807) is 19.1 Å². The molecule has 21 heavy (non-hydrogen) atoms. The molecule has 0 aliphatic carbocycles. The first-order valence-corrected chi connectivity index (χ1v) is 7.74. The van der Waals surface area contributed by atoms with E-state index in [2.05, 4.69) is 0 Å². The molecule has 0 fully saturated rings. The third-order valence-electron chi connectivity index (χ3n) is 2.98. The highest BCUT2D eigenvalue weighted by Crippen LogP contribution is 2.20. The number of aromatic carboxylic acids is 1. The van der Waals surface area contributed by atoms with Crippen molar-refractivity contribution in [3.63, 3.8) is 0 Å². The largest absolute Gasteiger partial charge is 0.478 e. The van der Waals surface area contributed by atoms with Crippen LogP contribution in [0.5, 0.6) is 0 Å². The first-order chi connectivity index (χ1) is 9.88. The molecule has 3 nitrogen and oxygen atoms in total. The molecule has 0 aromatic heterocycles. The Kier molecular flexibility index (Phi) is 4.75. The lowest BCUT2D eigenvalue weighted by atomic mass is 10.1. The highest BCUT2D eigenvalue weighted by atomic mass is 35.5. The van der Waals surface area contributed by atoms with Crippen LogP contribution in [0.3, 0.4) is 0 Å². The molecule has 1 atom stereocenters. The molecule has 0 aliphatic heterocycles. The van der Waals surface area contributed by atoms with Crippen LogP contribution in [0, 0.1) is 12.7 Å². The Morgan fingerprint density at radius 3 is 2.62 bits per heavy atom. The second-order valence-corrected chi connectivity index (χ2v) is 6.38. The number of hydrogen-bond donors (Lipinski definition) is 1. The number of carbonyl (C=O) groups is 1. The molecular formula is C15H12ClFO3S. The summed E-state index contributed by atoms with van der Waals surface area (Å²) >= 11 is 5.68.